The molecule has 1 atom stereocenters. The maximum absolute atomic E-state index is 13.8. The van der Waals surface area contributed by atoms with Gasteiger partial charge in [-0.15, -0.1) is 0 Å². The lowest BCUT2D eigenvalue weighted by Crippen LogP contribution is -2.45. The van der Waals surface area contributed by atoms with Gasteiger partial charge in [0.2, 0.25) is 0 Å². The highest BCUT2D eigenvalue weighted by molar-refractivity contribution is 6.30. The van der Waals surface area contributed by atoms with E-state index < -0.39 is 17.7 Å². The molecule has 20 heavy (non-hydrogen) atoms. The average Bonchev–Trinajstić information content (AvgIpc) is 2.38. The second kappa shape index (κ2) is 6.22. The lowest BCUT2D eigenvalue weighted by atomic mass is 9.98. The van der Waals surface area contributed by atoms with Crippen LogP contribution in [0, 0.1) is 5.82 Å². The summed E-state index contributed by atoms with van der Waals surface area (Å²) in [7, 11) is 0. The van der Waals surface area contributed by atoms with E-state index in [0.29, 0.717) is 13.0 Å². The number of hydrogen-bond acceptors (Lipinski definition) is 2. The molecule has 108 valence electrons. The number of carbonyl (C=O) groups is 2. The fourth-order valence-corrected chi connectivity index (χ4v) is 2.66. The van der Waals surface area contributed by atoms with Crippen LogP contribution in [0.25, 0.3) is 0 Å². The lowest BCUT2D eigenvalue weighted by molar-refractivity contribution is -0.138. The Kier molecular flexibility index (Phi) is 4.60. The molecule has 1 aromatic rings. The molecule has 0 radical (unpaired) electrons. The summed E-state index contributed by atoms with van der Waals surface area (Å²) < 4.78 is 13.8. The molecule has 0 saturated carbocycles. The Morgan fingerprint density at radius 1 is 1.40 bits per heavy atom. The zero-order chi connectivity index (χ0) is 14.7. The standard InChI is InChI=1S/C14H15ClFNO3/c15-9-4-5-11(12(16)7-9)14(20)17-6-2-1-3-10(17)8-13(18)19/h4-5,7,10H,1-3,6,8H2,(H,18,19). The first-order valence-corrected chi connectivity index (χ1v) is 6.84. The third kappa shape index (κ3) is 3.28. The third-order valence-electron chi connectivity index (χ3n) is 3.46. The molecule has 6 heteroatoms. The topological polar surface area (TPSA) is 57.6 Å². The van der Waals surface area contributed by atoms with Crippen molar-refractivity contribution in [3.8, 4) is 0 Å². The highest BCUT2D eigenvalue weighted by atomic mass is 35.5. The first-order valence-electron chi connectivity index (χ1n) is 6.47. The normalized spacial score (nSPS) is 18.9. The van der Waals surface area contributed by atoms with Crippen molar-refractivity contribution in [2.45, 2.75) is 31.7 Å². The molecule has 0 aromatic heterocycles. The molecular formula is C14H15ClFNO3. The second-order valence-electron chi connectivity index (χ2n) is 4.87. The van der Waals surface area contributed by atoms with Crippen LogP contribution in [0.1, 0.15) is 36.0 Å². The Morgan fingerprint density at radius 2 is 2.15 bits per heavy atom. The van der Waals surface area contributed by atoms with E-state index in [2.05, 4.69) is 0 Å². The van der Waals surface area contributed by atoms with Crippen LogP contribution >= 0.6 is 11.6 Å². The van der Waals surface area contributed by atoms with Crippen molar-refractivity contribution in [3.05, 3.63) is 34.6 Å². The van der Waals surface area contributed by atoms with Crippen LogP contribution in [0.2, 0.25) is 5.02 Å². The summed E-state index contributed by atoms with van der Waals surface area (Å²) in [4.78, 5) is 24.7. The van der Waals surface area contributed by atoms with Crippen molar-refractivity contribution < 1.29 is 19.1 Å². The number of benzene rings is 1. The molecule has 1 unspecified atom stereocenters. The summed E-state index contributed by atoms with van der Waals surface area (Å²) >= 11 is 5.66. The predicted octanol–water partition coefficient (Wildman–Crippen LogP) is 2.95. The van der Waals surface area contributed by atoms with Gasteiger partial charge in [-0.2, -0.15) is 0 Å². The number of carboxylic acid groups (broad SMARTS) is 1. The molecule has 0 aliphatic carbocycles. The van der Waals surface area contributed by atoms with E-state index in [4.69, 9.17) is 16.7 Å². The fourth-order valence-electron chi connectivity index (χ4n) is 2.50. The molecule has 1 aromatic carbocycles. The molecule has 0 spiro atoms. The Balaban J connectivity index is 2.22. The Hall–Kier alpha value is -1.62. The van der Waals surface area contributed by atoms with Gasteiger partial charge in [0, 0.05) is 17.6 Å². The summed E-state index contributed by atoms with van der Waals surface area (Å²) in [6.45, 7) is 0.457. The maximum atomic E-state index is 13.8. The number of nitrogens with zero attached hydrogens (tertiary/aromatic N) is 1. The fraction of sp³-hybridized carbons (Fsp3) is 0.429. The van der Waals surface area contributed by atoms with E-state index in [1.165, 1.54) is 17.0 Å². The van der Waals surface area contributed by atoms with Crippen molar-refractivity contribution in [1.82, 2.24) is 4.90 Å². The molecule has 1 aliphatic heterocycles. The van der Waals surface area contributed by atoms with E-state index in [1.54, 1.807) is 0 Å². The van der Waals surface area contributed by atoms with Crippen molar-refractivity contribution in [1.29, 1.82) is 0 Å². The average molecular weight is 300 g/mol. The van der Waals surface area contributed by atoms with Gasteiger partial charge in [0.15, 0.2) is 0 Å². The van der Waals surface area contributed by atoms with Crippen molar-refractivity contribution in [2.24, 2.45) is 0 Å². The highest BCUT2D eigenvalue weighted by Gasteiger charge is 2.30. The number of piperidine rings is 1. The van der Waals surface area contributed by atoms with Gasteiger partial charge in [0.05, 0.1) is 12.0 Å². The van der Waals surface area contributed by atoms with E-state index in [9.17, 15) is 14.0 Å². The molecule has 1 saturated heterocycles. The van der Waals surface area contributed by atoms with Gasteiger partial charge >= 0.3 is 5.97 Å². The largest absolute Gasteiger partial charge is 0.481 e. The van der Waals surface area contributed by atoms with E-state index in [1.807, 2.05) is 0 Å². The zero-order valence-electron chi connectivity index (χ0n) is 10.8. The number of carboxylic acids is 1. The molecule has 4 nitrogen and oxygen atoms in total. The summed E-state index contributed by atoms with van der Waals surface area (Å²) in [5, 5.41) is 9.12. The number of halogens is 2. The lowest BCUT2D eigenvalue weighted by Gasteiger charge is -2.35. The minimum Gasteiger partial charge on any atom is -0.481 e. The van der Waals surface area contributed by atoms with Gasteiger partial charge in [-0.25, -0.2) is 4.39 Å². The SMILES string of the molecule is O=C(O)CC1CCCCN1C(=O)c1ccc(Cl)cc1F. The van der Waals surface area contributed by atoms with Gasteiger partial charge in [-0.1, -0.05) is 11.6 Å². The van der Waals surface area contributed by atoms with Crippen LogP contribution in [0.4, 0.5) is 4.39 Å². The number of aliphatic carboxylic acids is 1. The molecular weight excluding hydrogens is 285 g/mol. The van der Waals surface area contributed by atoms with Gasteiger partial charge in [0.1, 0.15) is 5.82 Å². The molecule has 1 amide bonds. The summed E-state index contributed by atoms with van der Waals surface area (Å²) in [5.41, 5.74) is -0.0633. The smallest absolute Gasteiger partial charge is 0.305 e. The maximum Gasteiger partial charge on any atom is 0.305 e. The van der Waals surface area contributed by atoms with Gasteiger partial charge < -0.3 is 10.0 Å². The zero-order valence-corrected chi connectivity index (χ0v) is 11.6. The first kappa shape index (κ1) is 14.8. The van der Waals surface area contributed by atoms with Crippen molar-refractivity contribution in [3.63, 3.8) is 0 Å². The number of carbonyl (C=O) groups excluding carboxylic acids is 1. The summed E-state index contributed by atoms with van der Waals surface area (Å²) in [6.07, 6.45) is 2.20. The minimum absolute atomic E-state index is 0.0633. The van der Waals surface area contributed by atoms with E-state index in [-0.39, 0.29) is 23.0 Å². The quantitative estimate of drug-likeness (QED) is 0.933. The molecule has 2 rings (SSSR count). The van der Waals surface area contributed by atoms with E-state index in [0.717, 1.165) is 18.9 Å². The van der Waals surface area contributed by atoms with Gasteiger partial charge in [-0.3, -0.25) is 9.59 Å². The predicted molar refractivity (Wildman–Crippen MR) is 72.3 cm³/mol. The van der Waals surface area contributed by atoms with Crippen LogP contribution in [-0.2, 0) is 4.79 Å². The van der Waals surface area contributed by atoms with Crippen LogP contribution in [0.15, 0.2) is 18.2 Å². The Morgan fingerprint density at radius 3 is 2.80 bits per heavy atom. The van der Waals surface area contributed by atoms with Crippen molar-refractivity contribution in [2.75, 3.05) is 6.54 Å². The van der Waals surface area contributed by atoms with Crippen LogP contribution in [0.5, 0.6) is 0 Å². The van der Waals surface area contributed by atoms with Gasteiger partial charge in [0.25, 0.3) is 5.91 Å². The molecule has 1 N–H and O–H groups in total. The van der Waals surface area contributed by atoms with Crippen LogP contribution in [-0.4, -0.2) is 34.5 Å². The molecule has 1 aliphatic rings. The van der Waals surface area contributed by atoms with Gasteiger partial charge in [-0.05, 0) is 37.5 Å². The second-order valence-corrected chi connectivity index (χ2v) is 5.31. The third-order valence-corrected chi connectivity index (χ3v) is 3.69. The first-order chi connectivity index (χ1) is 9.49. The monoisotopic (exact) mass is 299 g/mol. The Labute approximate surface area is 121 Å². The highest BCUT2D eigenvalue weighted by Crippen LogP contribution is 2.24. The van der Waals surface area contributed by atoms with Crippen molar-refractivity contribution >= 4 is 23.5 Å². The summed E-state index contributed by atoms with van der Waals surface area (Å²) in [6, 6.07) is 3.51. The number of hydrogen-bond donors (Lipinski definition) is 1. The minimum atomic E-state index is -0.953. The molecule has 1 fully saturated rings. The van der Waals surface area contributed by atoms with Crippen LogP contribution < -0.4 is 0 Å². The van der Waals surface area contributed by atoms with Crippen LogP contribution in [0.3, 0.4) is 0 Å². The molecule has 0 bridgehead atoms. The number of amides is 1. The number of rotatable bonds is 3. The molecule has 1 heterocycles. The van der Waals surface area contributed by atoms with E-state index >= 15 is 0 Å². The summed E-state index contributed by atoms with van der Waals surface area (Å²) in [5.74, 6) is -2.10. The number of likely N-dealkylation sites (tertiary alicyclic amines) is 1. The Bertz CT molecular complexity index is 535.